The summed E-state index contributed by atoms with van der Waals surface area (Å²) in [6, 6.07) is 8.43. The molecule has 1 unspecified atom stereocenters. The molecule has 2 atom stereocenters. The van der Waals surface area contributed by atoms with Crippen molar-refractivity contribution in [2.45, 2.75) is 18.9 Å². The van der Waals surface area contributed by atoms with E-state index in [9.17, 15) is 9.59 Å². The predicted octanol–water partition coefficient (Wildman–Crippen LogP) is 1.01. The summed E-state index contributed by atoms with van der Waals surface area (Å²) >= 11 is 0. The molecular formula is C14H18N2O3. The highest BCUT2D eigenvalue weighted by atomic mass is 16.4. The quantitative estimate of drug-likeness (QED) is 0.851. The average molecular weight is 262 g/mol. The molecule has 5 nitrogen and oxygen atoms in total. The molecule has 1 amide bonds. The number of hydrogen-bond donors (Lipinski definition) is 2. The maximum Gasteiger partial charge on any atom is 0.308 e. The molecule has 1 aromatic rings. The molecule has 0 aromatic heterocycles. The summed E-state index contributed by atoms with van der Waals surface area (Å²) in [5, 5.41) is 9.02. The van der Waals surface area contributed by atoms with Gasteiger partial charge >= 0.3 is 5.97 Å². The molecule has 1 heterocycles. The maximum atomic E-state index is 12.3. The largest absolute Gasteiger partial charge is 0.481 e. The number of piperidine rings is 1. The van der Waals surface area contributed by atoms with Crippen molar-refractivity contribution in [1.82, 2.24) is 4.90 Å². The van der Waals surface area contributed by atoms with Crippen LogP contribution in [0.3, 0.4) is 0 Å². The van der Waals surface area contributed by atoms with E-state index in [0.717, 1.165) is 5.56 Å². The highest BCUT2D eigenvalue weighted by Gasteiger charge is 2.30. The van der Waals surface area contributed by atoms with Gasteiger partial charge in [-0.3, -0.25) is 9.59 Å². The number of benzene rings is 1. The molecule has 0 bridgehead atoms. The first-order valence-electron chi connectivity index (χ1n) is 6.41. The lowest BCUT2D eigenvalue weighted by molar-refractivity contribution is -0.146. The van der Waals surface area contributed by atoms with E-state index in [4.69, 9.17) is 10.8 Å². The van der Waals surface area contributed by atoms with Crippen molar-refractivity contribution >= 4 is 11.9 Å². The third kappa shape index (κ3) is 3.12. The Bertz CT molecular complexity index is 461. The third-order valence-corrected chi connectivity index (χ3v) is 3.51. The van der Waals surface area contributed by atoms with Crippen LogP contribution < -0.4 is 5.73 Å². The summed E-state index contributed by atoms with van der Waals surface area (Å²) < 4.78 is 0. The van der Waals surface area contributed by atoms with Crippen LogP contribution in [0.15, 0.2) is 30.3 Å². The summed E-state index contributed by atoms with van der Waals surface area (Å²) in [6.45, 7) is 0.845. The molecule has 1 fully saturated rings. The third-order valence-electron chi connectivity index (χ3n) is 3.51. The van der Waals surface area contributed by atoms with Gasteiger partial charge < -0.3 is 15.7 Å². The fraction of sp³-hybridized carbons (Fsp3) is 0.429. The fourth-order valence-corrected chi connectivity index (χ4v) is 2.38. The van der Waals surface area contributed by atoms with Gasteiger partial charge in [0, 0.05) is 13.1 Å². The number of aliphatic carboxylic acids is 1. The number of carboxylic acid groups (broad SMARTS) is 1. The number of carbonyl (C=O) groups is 2. The van der Waals surface area contributed by atoms with Gasteiger partial charge in [-0.2, -0.15) is 0 Å². The SMILES string of the molecule is N[C@H](C(=O)N1CCCC(C(=O)O)C1)c1ccccc1. The second-order valence-electron chi connectivity index (χ2n) is 4.85. The molecule has 0 spiro atoms. The Morgan fingerprint density at radius 3 is 2.63 bits per heavy atom. The molecule has 102 valence electrons. The van der Waals surface area contributed by atoms with E-state index >= 15 is 0 Å². The van der Waals surface area contributed by atoms with Crippen LogP contribution in [0.5, 0.6) is 0 Å². The van der Waals surface area contributed by atoms with Gasteiger partial charge in [-0.05, 0) is 18.4 Å². The summed E-state index contributed by atoms with van der Waals surface area (Å²) in [6.07, 6.45) is 1.34. The standard InChI is InChI=1S/C14H18N2O3/c15-12(10-5-2-1-3-6-10)13(17)16-8-4-7-11(9-16)14(18)19/h1-3,5-6,11-12H,4,7-9,15H2,(H,18,19)/t11?,12-/m0/s1. The Hall–Kier alpha value is -1.88. The summed E-state index contributed by atoms with van der Waals surface area (Å²) in [7, 11) is 0. The number of nitrogens with two attached hydrogens (primary N) is 1. The van der Waals surface area contributed by atoms with Gasteiger partial charge in [-0.25, -0.2) is 0 Å². The maximum absolute atomic E-state index is 12.3. The van der Waals surface area contributed by atoms with E-state index in [-0.39, 0.29) is 12.5 Å². The van der Waals surface area contributed by atoms with Gasteiger partial charge in [-0.15, -0.1) is 0 Å². The Morgan fingerprint density at radius 1 is 1.32 bits per heavy atom. The molecule has 0 radical (unpaired) electrons. The number of hydrogen-bond acceptors (Lipinski definition) is 3. The molecule has 2 rings (SSSR count). The van der Waals surface area contributed by atoms with E-state index in [2.05, 4.69) is 0 Å². The lowest BCUT2D eigenvalue weighted by Crippen LogP contribution is -2.46. The predicted molar refractivity (Wildman–Crippen MR) is 70.3 cm³/mol. The van der Waals surface area contributed by atoms with Crippen LogP contribution in [0.4, 0.5) is 0 Å². The minimum Gasteiger partial charge on any atom is -0.481 e. The van der Waals surface area contributed by atoms with Crippen LogP contribution in [0.25, 0.3) is 0 Å². The highest BCUT2D eigenvalue weighted by molar-refractivity contribution is 5.84. The number of carboxylic acids is 1. The summed E-state index contributed by atoms with van der Waals surface area (Å²) in [5.41, 5.74) is 6.71. The molecular weight excluding hydrogens is 244 g/mol. The normalized spacial score (nSPS) is 20.9. The van der Waals surface area contributed by atoms with Crippen molar-refractivity contribution in [3.63, 3.8) is 0 Å². The van der Waals surface area contributed by atoms with Gasteiger partial charge in [0.2, 0.25) is 5.91 Å². The first-order valence-corrected chi connectivity index (χ1v) is 6.41. The van der Waals surface area contributed by atoms with Crippen molar-refractivity contribution in [3.8, 4) is 0 Å². The van der Waals surface area contributed by atoms with Gasteiger partial charge in [0.1, 0.15) is 6.04 Å². The molecule has 0 aliphatic carbocycles. The van der Waals surface area contributed by atoms with Gasteiger partial charge in [0.25, 0.3) is 0 Å². The summed E-state index contributed by atoms with van der Waals surface area (Å²) in [5.74, 6) is -1.51. The van der Waals surface area contributed by atoms with E-state index in [0.29, 0.717) is 19.4 Å². The van der Waals surface area contributed by atoms with Gasteiger partial charge in [-0.1, -0.05) is 30.3 Å². The fourth-order valence-electron chi connectivity index (χ4n) is 2.38. The summed E-state index contributed by atoms with van der Waals surface area (Å²) in [4.78, 5) is 24.8. The van der Waals surface area contributed by atoms with Crippen LogP contribution >= 0.6 is 0 Å². The number of amides is 1. The number of nitrogens with zero attached hydrogens (tertiary/aromatic N) is 1. The lowest BCUT2D eigenvalue weighted by atomic mass is 9.97. The zero-order valence-electron chi connectivity index (χ0n) is 10.7. The minimum atomic E-state index is -0.842. The molecule has 19 heavy (non-hydrogen) atoms. The molecule has 1 saturated heterocycles. The van der Waals surface area contributed by atoms with E-state index in [1.54, 1.807) is 17.0 Å². The smallest absolute Gasteiger partial charge is 0.308 e. The monoisotopic (exact) mass is 262 g/mol. The number of likely N-dealkylation sites (tertiary alicyclic amines) is 1. The number of carbonyl (C=O) groups excluding carboxylic acids is 1. The topological polar surface area (TPSA) is 83.6 Å². The van der Waals surface area contributed by atoms with Gasteiger partial charge in [0.15, 0.2) is 0 Å². The van der Waals surface area contributed by atoms with Crippen molar-refractivity contribution in [2.75, 3.05) is 13.1 Å². The van der Waals surface area contributed by atoms with Crippen LogP contribution in [0, 0.1) is 5.92 Å². The van der Waals surface area contributed by atoms with Gasteiger partial charge in [0.05, 0.1) is 5.92 Å². The zero-order chi connectivity index (χ0) is 13.8. The second-order valence-corrected chi connectivity index (χ2v) is 4.85. The van der Waals surface area contributed by atoms with E-state index in [1.807, 2.05) is 18.2 Å². The van der Waals surface area contributed by atoms with Crippen LogP contribution in [0.1, 0.15) is 24.4 Å². The van der Waals surface area contributed by atoms with Crippen LogP contribution in [-0.4, -0.2) is 35.0 Å². The van der Waals surface area contributed by atoms with E-state index in [1.165, 1.54) is 0 Å². The zero-order valence-corrected chi connectivity index (χ0v) is 10.7. The van der Waals surface area contributed by atoms with E-state index < -0.39 is 17.9 Å². The lowest BCUT2D eigenvalue weighted by Gasteiger charge is -2.32. The minimum absolute atomic E-state index is 0.197. The molecule has 1 aromatic carbocycles. The molecule has 5 heteroatoms. The Labute approximate surface area is 112 Å². The highest BCUT2D eigenvalue weighted by Crippen LogP contribution is 2.20. The number of rotatable bonds is 3. The Kier molecular flexibility index (Phi) is 4.16. The molecule has 1 aliphatic heterocycles. The first kappa shape index (κ1) is 13.5. The Balaban J connectivity index is 2.05. The first-order chi connectivity index (χ1) is 9.09. The average Bonchev–Trinajstić information content (AvgIpc) is 2.46. The van der Waals surface area contributed by atoms with Crippen LogP contribution in [-0.2, 0) is 9.59 Å². The van der Waals surface area contributed by atoms with Crippen molar-refractivity contribution in [2.24, 2.45) is 11.7 Å². The van der Waals surface area contributed by atoms with Crippen molar-refractivity contribution < 1.29 is 14.7 Å². The second kappa shape index (κ2) is 5.84. The molecule has 3 N–H and O–H groups in total. The van der Waals surface area contributed by atoms with Crippen LogP contribution in [0.2, 0.25) is 0 Å². The van der Waals surface area contributed by atoms with Crippen molar-refractivity contribution in [1.29, 1.82) is 0 Å². The Morgan fingerprint density at radius 2 is 2.00 bits per heavy atom. The molecule has 0 saturated carbocycles. The van der Waals surface area contributed by atoms with Crippen molar-refractivity contribution in [3.05, 3.63) is 35.9 Å². The molecule has 1 aliphatic rings.